The molecule has 0 saturated heterocycles. The van der Waals surface area contributed by atoms with Crippen molar-refractivity contribution in [2.45, 2.75) is 19.8 Å². The molecule has 2 rings (SSSR count). The van der Waals surface area contributed by atoms with Crippen LogP contribution < -0.4 is 0 Å². The number of hydrogen-bond donors (Lipinski definition) is 0. The molecule has 0 saturated carbocycles. The summed E-state index contributed by atoms with van der Waals surface area (Å²) in [5.41, 5.74) is -0.491. The SMILES string of the molecule is CCOCOCn1c(C(F)(F)F)cc(C#N)c1-c1ccc(Cl)cc1. The highest BCUT2D eigenvalue weighted by atomic mass is 35.5. The minimum atomic E-state index is -4.62. The lowest BCUT2D eigenvalue weighted by atomic mass is 10.1. The predicted octanol–water partition coefficient (Wildman–Crippen LogP) is 4.67. The van der Waals surface area contributed by atoms with Crippen LogP contribution in [0, 0.1) is 11.3 Å². The van der Waals surface area contributed by atoms with Crippen molar-refractivity contribution in [1.29, 1.82) is 5.26 Å². The minimum absolute atomic E-state index is 0.0929. The van der Waals surface area contributed by atoms with Gasteiger partial charge in [-0.15, -0.1) is 0 Å². The number of nitrogens with zero attached hydrogens (tertiary/aromatic N) is 2. The molecule has 0 unspecified atom stereocenters. The molecule has 0 amide bonds. The Morgan fingerprint density at radius 1 is 1.21 bits per heavy atom. The van der Waals surface area contributed by atoms with E-state index in [1.165, 1.54) is 0 Å². The van der Waals surface area contributed by atoms with E-state index in [-0.39, 0.29) is 18.1 Å². The molecule has 2 aromatic rings. The molecule has 0 spiro atoms. The van der Waals surface area contributed by atoms with Crippen molar-refractivity contribution in [3.63, 3.8) is 0 Å². The fourth-order valence-electron chi connectivity index (χ4n) is 2.19. The Bertz CT molecular complexity index is 734. The third-order valence-corrected chi connectivity index (χ3v) is 3.47. The molecule has 0 bridgehead atoms. The molecule has 4 nitrogen and oxygen atoms in total. The first-order chi connectivity index (χ1) is 11.4. The van der Waals surface area contributed by atoms with Crippen LogP contribution >= 0.6 is 11.6 Å². The van der Waals surface area contributed by atoms with Gasteiger partial charge in [-0.2, -0.15) is 18.4 Å². The molecule has 1 aromatic heterocycles. The van der Waals surface area contributed by atoms with Gasteiger partial charge in [0.15, 0.2) is 0 Å². The third kappa shape index (κ3) is 4.09. The molecule has 0 fully saturated rings. The number of ether oxygens (including phenoxy) is 2. The van der Waals surface area contributed by atoms with Gasteiger partial charge in [-0.3, -0.25) is 0 Å². The number of alkyl halides is 3. The van der Waals surface area contributed by atoms with Gasteiger partial charge in [0.05, 0.1) is 11.3 Å². The minimum Gasteiger partial charge on any atom is -0.356 e. The largest absolute Gasteiger partial charge is 0.431 e. The lowest BCUT2D eigenvalue weighted by Gasteiger charge is -2.16. The fraction of sp³-hybridized carbons (Fsp3) is 0.312. The van der Waals surface area contributed by atoms with E-state index < -0.39 is 18.6 Å². The van der Waals surface area contributed by atoms with Crippen molar-refractivity contribution in [3.05, 3.63) is 46.6 Å². The maximum atomic E-state index is 13.3. The standard InChI is InChI=1S/C16H14ClF3N2O2/c1-2-23-10-24-9-22-14(16(18,19)20)7-12(8-21)15(22)11-3-5-13(17)6-4-11/h3-7H,2,9-10H2,1H3. The van der Waals surface area contributed by atoms with Gasteiger partial charge in [0.25, 0.3) is 0 Å². The van der Waals surface area contributed by atoms with E-state index in [0.29, 0.717) is 17.2 Å². The summed E-state index contributed by atoms with van der Waals surface area (Å²) >= 11 is 5.82. The van der Waals surface area contributed by atoms with Crippen LogP contribution in [-0.4, -0.2) is 18.0 Å². The van der Waals surface area contributed by atoms with E-state index in [0.717, 1.165) is 10.6 Å². The smallest absolute Gasteiger partial charge is 0.356 e. The van der Waals surface area contributed by atoms with Crippen molar-refractivity contribution >= 4 is 11.6 Å². The lowest BCUT2D eigenvalue weighted by Crippen LogP contribution is -2.16. The molecule has 24 heavy (non-hydrogen) atoms. The molecule has 1 heterocycles. The molecule has 0 aliphatic carbocycles. The van der Waals surface area contributed by atoms with Crippen LogP contribution in [0.3, 0.4) is 0 Å². The summed E-state index contributed by atoms with van der Waals surface area (Å²) in [5.74, 6) is 0. The maximum Gasteiger partial charge on any atom is 0.431 e. The van der Waals surface area contributed by atoms with Crippen LogP contribution in [0.1, 0.15) is 18.2 Å². The Hall–Kier alpha value is -2.01. The van der Waals surface area contributed by atoms with Gasteiger partial charge in [-0.1, -0.05) is 23.7 Å². The Kier molecular flexibility index (Phi) is 5.89. The zero-order valence-electron chi connectivity index (χ0n) is 12.7. The van der Waals surface area contributed by atoms with Crippen LogP contribution in [0.25, 0.3) is 11.3 Å². The fourth-order valence-corrected chi connectivity index (χ4v) is 2.32. The maximum absolute atomic E-state index is 13.3. The average Bonchev–Trinajstić information content (AvgIpc) is 2.91. The molecule has 0 aliphatic rings. The van der Waals surface area contributed by atoms with Gasteiger partial charge in [0, 0.05) is 11.6 Å². The second kappa shape index (κ2) is 7.71. The third-order valence-electron chi connectivity index (χ3n) is 3.22. The molecule has 1 aromatic carbocycles. The zero-order valence-corrected chi connectivity index (χ0v) is 13.5. The quantitative estimate of drug-likeness (QED) is 0.557. The Balaban J connectivity index is 2.51. The van der Waals surface area contributed by atoms with Crippen molar-refractivity contribution in [1.82, 2.24) is 4.57 Å². The number of hydrogen-bond acceptors (Lipinski definition) is 3. The first kappa shape index (κ1) is 18.3. The topological polar surface area (TPSA) is 47.2 Å². The molecule has 8 heteroatoms. The van der Waals surface area contributed by atoms with Crippen LogP contribution in [0.15, 0.2) is 30.3 Å². The zero-order chi connectivity index (χ0) is 17.7. The van der Waals surface area contributed by atoms with E-state index in [1.54, 1.807) is 37.3 Å². The predicted molar refractivity (Wildman–Crippen MR) is 82.2 cm³/mol. The highest BCUT2D eigenvalue weighted by molar-refractivity contribution is 6.30. The van der Waals surface area contributed by atoms with E-state index in [9.17, 15) is 18.4 Å². The molecule has 0 radical (unpaired) electrons. The van der Waals surface area contributed by atoms with E-state index in [4.69, 9.17) is 21.1 Å². The van der Waals surface area contributed by atoms with Crippen molar-refractivity contribution < 1.29 is 22.6 Å². The second-order valence-corrected chi connectivity index (χ2v) is 5.22. The van der Waals surface area contributed by atoms with Crippen molar-refractivity contribution in [2.75, 3.05) is 13.4 Å². The molecular formula is C16H14ClF3N2O2. The summed E-state index contributed by atoms with van der Waals surface area (Å²) in [4.78, 5) is 0. The lowest BCUT2D eigenvalue weighted by molar-refractivity contribution is -0.148. The first-order valence-corrected chi connectivity index (χ1v) is 7.38. The Morgan fingerprint density at radius 3 is 2.42 bits per heavy atom. The number of rotatable bonds is 6. The molecule has 0 N–H and O–H groups in total. The Morgan fingerprint density at radius 2 is 1.88 bits per heavy atom. The summed E-state index contributed by atoms with van der Waals surface area (Å²) in [7, 11) is 0. The van der Waals surface area contributed by atoms with Gasteiger partial charge in [-0.05, 0) is 30.7 Å². The van der Waals surface area contributed by atoms with Crippen molar-refractivity contribution in [2.24, 2.45) is 0 Å². The Labute approximate surface area is 142 Å². The highest BCUT2D eigenvalue weighted by Crippen LogP contribution is 2.37. The van der Waals surface area contributed by atoms with E-state index >= 15 is 0 Å². The van der Waals surface area contributed by atoms with Crippen LogP contribution in [0.5, 0.6) is 0 Å². The van der Waals surface area contributed by atoms with Gasteiger partial charge in [0.2, 0.25) is 0 Å². The van der Waals surface area contributed by atoms with E-state index in [2.05, 4.69) is 0 Å². The van der Waals surface area contributed by atoms with Crippen LogP contribution in [-0.2, 0) is 22.4 Å². The summed E-state index contributed by atoms with van der Waals surface area (Å²) in [5, 5.41) is 9.67. The summed E-state index contributed by atoms with van der Waals surface area (Å²) in [6.07, 6.45) is -4.62. The summed E-state index contributed by atoms with van der Waals surface area (Å²) in [6, 6.07) is 8.81. The second-order valence-electron chi connectivity index (χ2n) is 4.78. The normalized spacial score (nSPS) is 11.5. The van der Waals surface area contributed by atoms with Crippen LogP contribution in [0.2, 0.25) is 5.02 Å². The molecule has 0 aliphatic heterocycles. The number of aromatic nitrogens is 1. The van der Waals surface area contributed by atoms with Gasteiger partial charge < -0.3 is 14.0 Å². The number of halogens is 4. The number of nitriles is 1. The van der Waals surface area contributed by atoms with Gasteiger partial charge in [0.1, 0.15) is 25.3 Å². The first-order valence-electron chi connectivity index (χ1n) is 7.00. The molecular weight excluding hydrogens is 345 g/mol. The number of benzene rings is 1. The monoisotopic (exact) mass is 358 g/mol. The van der Waals surface area contributed by atoms with E-state index in [1.807, 2.05) is 0 Å². The van der Waals surface area contributed by atoms with Gasteiger partial charge in [-0.25, -0.2) is 0 Å². The van der Waals surface area contributed by atoms with Gasteiger partial charge >= 0.3 is 6.18 Å². The molecule has 128 valence electrons. The van der Waals surface area contributed by atoms with Crippen LogP contribution in [0.4, 0.5) is 13.2 Å². The summed E-state index contributed by atoms with van der Waals surface area (Å²) in [6.45, 7) is 1.58. The van der Waals surface area contributed by atoms with Crippen molar-refractivity contribution in [3.8, 4) is 17.3 Å². The average molecular weight is 359 g/mol. The highest BCUT2D eigenvalue weighted by Gasteiger charge is 2.37. The summed E-state index contributed by atoms with van der Waals surface area (Å²) < 4.78 is 50.9. The molecule has 0 atom stereocenters.